The topological polar surface area (TPSA) is 50.1 Å². The summed E-state index contributed by atoms with van der Waals surface area (Å²) in [6, 6.07) is 9.46. The number of nitrogens with zero attached hydrogens (tertiary/aromatic N) is 1. The van der Waals surface area contributed by atoms with Crippen LogP contribution in [0.15, 0.2) is 28.7 Å². The van der Waals surface area contributed by atoms with Gasteiger partial charge in [-0.05, 0) is 38.1 Å². The molecule has 0 saturated heterocycles. The molecule has 0 radical (unpaired) electrons. The van der Waals surface area contributed by atoms with E-state index in [2.05, 4.69) is 15.9 Å². The van der Waals surface area contributed by atoms with Crippen LogP contribution in [0.25, 0.3) is 0 Å². The van der Waals surface area contributed by atoms with Gasteiger partial charge in [0.1, 0.15) is 16.9 Å². The highest BCUT2D eigenvalue weighted by molar-refractivity contribution is 9.10. The Morgan fingerprint density at radius 3 is 2.53 bits per heavy atom. The van der Waals surface area contributed by atoms with Gasteiger partial charge < -0.3 is 4.74 Å². The van der Waals surface area contributed by atoms with Crippen LogP contribution in [0.3, 0.4) is 0 Å². The molecule has 0 saturated carbocycles. The zero-order valence-corrected chi connectivity index (χ0v) is 11.5. The fraction of sp³-hybridized carbons (Fsp3) is 0.385. The molecule has 0 aliphatic heterocycles. The molecule has 0 bridgehead atoms. The molecule has 1 atom stereocenters. The average molecular weight is 296 g/mol. The van der Waals surface area contributed by atoms with Gasteiger partial charge in [-0.3, -0.25) is 4.79 Å². The van der Waals surface area contributed by atoms with Crippen molar-refractivity contribution in [2.45, 2.75) is 20.3 Å². The summed E-state index contributed by atoms with van der Waals surface area (Å²) in [4.78, 5) is 11.3. The Labute approximate surface area is 110 Å². The molecule has 0 heterocycles. The van der Waals surface area contributed by atoms with Gasteiger partial charge in [0.25, 0.3) is 0 Å². The normalized spacial score (nSPS) is 13.5. The maximum Gasteiger partial charge on any atom is 0.149 e. The molecule has 0 spiro atoms. The molecule has 0 aliphatic rings. The van der Waals surface area contributed by atoms with E-state index >= 15 is 0 Å². The lowest BCUT2D eigenvalue weighted by Gasteiger charge is -2.17. The lowest BCUT2D eigenvalue weighted by Crippen LogP contribution is -2.25. The Kier molecular flexibility index (Phi) is 4.71. The van der Waals surface area contributed by atoms with Gasteiger partial charge in [0.2, 0.25) is 0 Å². The van der Waals surface area contributed by atoms with Crippen LogP contribution in [0.2, 0.25) is 0 Å². The summed E-state index contributed by atoms with van der Waals surface area (Å²) in [6.45, 7) is 3.42. The van der Waals surface area contributed by atoms with E-state index in [4.69, 9.17) is 10.00 Å². The molecule has 0 N–H and O–H groups in total. The van der Waals surface area contributed by atoms with Gasteiger partial charge in [-0.1, -0.05) is 15.9 Å². The number of nitriles is 1. The van der Waals surface area contributed by atoms with E-state index in [-0.39, 0.29) is 5.78 Å². The molecule has 1 unspecified atom stereocenters. The average Bonchev–Trinajstić information content (AvgIpc) is 2.31. The first kappa shape index (κ1) is 13.7. The smallest absolute Gasteiger partial charge is 0.149 e. The summed E-state index contributed by atoms with van der Waals surface area (Å²) >= 11 is 3.33. The first-order chi connectivity index (χ1) is 7.98. The van der Waals surface area contributed by atoms with Gasteiger partial charge in [0.15, 0.2) is 0 Å². The molecule has 17 heavy (non-hydrogen) atoms. The molecule has 4 heteroatoms. The van der Waals surface area contributed by atoms with Gasteiger partial charge in [0, 0.05) is 10.9 Å². The van der Waals surface area contributed by atoms with E-state index in [0.29, 0.717) is 13.0 Å². The van der Waals surface area contributed by atoms with Crippen LogP contribution in [0, 0.1) is 16.7 Å². The van der Waals surface area contributed by atoms with Gasteiger partial charge in [-0.25, -0.2) is 0 Å². The lowest BCUT2D eigenvalue weighted by molar-refractivity contribution is -0.123. The standard InChI is InChI=1S/C13H14BrNO2/c1-10(16)13(2,9-15)7-8-17-12-5-3-11(14)4-6-12/h3-6H,7-8H2,1-2H3. The number of carbonyl (C=O) groups excluding carboxylic acids is 1. The Balaban J connectivity index is 2.50. The largest absolute Gasteiger partial charge is 0.494 e. The van der Waals surface area contributed by atoms with Crippen molar-refractivity contribution >= 4 is 21.7 Å². The first-order valence-corrected chi connectivity index (χ1v) is 6.08. The third kappa shape index (κ3) is 3.86. The van der Waals surface area contributed by atoms with Crippen molar-refractivity contribution in [1.82, 2.24) is 0 Å². The maximum atomic E-state index is 11.3. The molecular weight excluding hydrogens is 282 g/mol. The van der Waals surface area contributed by atoms with Gasteiger partial charge in [-0.15, -0.1) is 0 Å². The quantitative estimate of drug-likeness (QED) is 0.837. The predicted octanol–water partition coefficient (Wildman–Crippen LogP) is 3.34. The molecule has 90 valence electrons. The number of ether oxygens (including phenoxy) is 1. The van der Waals surface area contributed by atoms with Crippen molar-refractivity contribution in [3.63, 3.8) is 0 Å². The number of hydrogen-bond donors (Lipinski definition) is 0. The second-order valence-electron chi connectivity index (χ2n) is 4.05. The zero-order chi connectivity index (χ0) is 12.9. The second-order valence-corrected chi connectivity index (χ2v) is 4.97. The third-order valence-corrected chi connectivity index (χ3v) is 3.24. The minimum Gasteiger partial charge on any atom is -0.494 e. The van der Waals surface area contributed by atoms with E-state index in [1.165, 1.54) is 6.92 Å². The molecule has 1 aromatic carbocycles. The van der Waals surface area contributed by atoms with E-state index < -0.39 is 5.41 Å². The molecule has 0 fully saturated rings. The number of halogens is 1. The van der Waals surface area contributed by atoms with Gasteiger partial charge in [-0.2, -0.15) is 5.26 Å². The molecule has 0 aliphatic carbocycles. The molecule has 1 rings (SSSR count). The third-order valence-electron chi connectivity index (χ3n) is 2.71. The highest BCUT2D eigenvalue weighted by Gasteiger charge is 2.29. The monoisotopic (exact) mass is 295 g/mol. The van der Waals surface area contributed by atoms with E-state index in [0.717, 1.165) is 10.2 Å². The SMILES string of the molecule is CC(=O)C(C)(C#N)CCOc1ccc(Br)cc1. The van der Waals surface area contributed by atoms with E-state index in [1.807, 2.05) is 30.3 Å². The number of rotatable bonds is 5. The van der Waals surface area contributed by atoms with Crippen LogP contribution in [-0.4, -0.2) is 12.4 Å². The summed E-state index contributed by atoms with van der Waals surface area (Å²) in [5.74, 6) is 0.608. The number of hydrogen-bond acceptors (Lipinski definition) is 3. The van der Waals surface area contributed by atoms with Crippen LogP contribution in [0.4, 0.5) is 0 Å². The Morgan fingerprint density at radius 1 is 1.47 bits per heavy atom. The van der Waals surface area contributed by atoms with E-state index in [1.54, 1.807) is 6.92 Å². The highest BCUT2D eigenvalue weighted by atomic mass is 79.9. The van der Waals surface area contributed by atoms with Crippen molar-refractivity contribution in [3.8, 4) is 11.8 Å². The summed E-state index contributed by atoms with van der Waals surface area (Å²) < 4.78 is 6.47. The van der Waals surface area contributed by atoms with Crippen molar-refractivity contribution in [1.29, 1.82) is 5.26 Å². The Bertz CT molecular complexity index is 436. The van der Waals surface area contributed by atoms with Crippen molar-refractivity contribution in [2.24, 2.45) is 5.41 Å². The fourth-order valence-corrected chi connectivity index (χ4v) is 1.48. The fourth-order valence-electron chi connectivity index (χ4n) is 1.21. The minimum absolute atomic E-state index is 0.126. The molecule has 0 aromatic heterocycles. The van der Waals surface area contributed by atoms with Crippen LogP contribution < -0.4 is 4.74 Å². The summed E-state index contributed by atoms with van der Waals surface area (Å²) in [6.07, 6.45) is 0.398. The minimum atomic E-state index is -0.949. The molecule has 1 aromatic rings. The Morgan fingerprint density at radius 2 is 2.06 bits per heavy atom. The molecule has 3 nitrogen and oxygen atoms in total. The van der Waals surface area contributed by atoms with Crippen molar-refractivity contribution in [2.75, 3.05) is 6.61 Å². The Hall–Kier alpha value is -1.34. The number of Topliss-reactive ketones (excluding diaryl/α,β-unsaturated/α-hetero) is 1. The zero-order valence-electron chi connectivity index (χ0n) is 9.87. The number of benzene rings is 1. The molecule has 0 amide bonds. The number of carbonyl (C=O) groups is 1. The van der Waals surface area contributed by atoms with E-state index in [9.17, 15) is 4.79 Å². The van der Waals surface area contributed by atoms with Gasteiger partial charge in [0.05, 0.1) is 12.7 Å². The summed E-state index contributed by atoms with van der Waals surface area (Å²) in [5, 5.41) is 8.96. The maximum absolute atomic E-state index is 11.3. The van der Waals surface area contributed by atoms with Crippen LogP contribution in [-0.2, 0) is 4.79 Å². The van der Waals surface area contributed by atoms with Gasteiger partial charge >= 0.3 is 0 Å². The summed E-state index contributed by atoms with van der Waals surface area (Å²) in [5.41, 5.74) is -0.949. The highest BCUT2D eigenvalue weighted by Crippen LogP contribution is 2.22. The van der Waals surface area contributed by atoms with Crippen LogP contribution >= 0.6 is 15.9 Å². The lowest BCUT2D eigenvalue weighted by atomic mass is 9.85. The predicted molar refractivity (Wildman–Crippen MR) is 68.7 cm³/mol. The van der Waals surface area contributed by atoms with Crippen molar-refractivity contribution in [3.05, 3.63) is 28.7 Å². The summed E-state index contributed by atoms with van der Waals surface area (Å²) in [7, 11) is 0. The first-order valence-electron chi connectivity index (χ1n) is 5.28. The molecular formula is C13H14BrNO2. The second kappa shape index (κ2) is 5.83. The number of ketones is 1. The van der Waals surface area contributed by atoms with Crippen molar-refractivity contribution < 1.29 is 9.53 Å². The van der Waals surface area contributed by atoms with Crippen LogP contribution in [0.5, 0.6) is 5.75 Å². The van der Waals surface area contributed by atoms with Crippen LogP contribution in [0.1, 0.15) is 20.3 Å².